The fourth-order valence-corrected chi connectivity index (χ4v) is 7.90. The van der Waals surface area contributed by atoms with E-state index in [-0.39, 0.29) is 0 Å². The summed E-state index contributed by atoms with van der Waals surface area (Å²) in [6.45, 7) is 0. The smallest absolute Gasteiger partial charge is 0.164 e. The van der Waals surface area contributed by atoms with Gasteiger partial charge in [0.15, 0.2) is 17.5 Å². The summed E-state index contributed by atoms with van der Waals surface area (Å²) in [4.78, 5) is 15.3. The monoisotopic (exact) mass is 645 g/mol. The molecule has 0 spiro atoms. The zero-order valence-electron chi connectivity index (χ0n) is 26.7. The maximum Gasteiger partial charge on any atom is 0.164 e. The molecular formula is C45H31N3S. The van der Waals surface area contributed by atoms with Crippen LogP contribution in [0.25, 0.3) is 70.8 Å². The lowest BCUT2D eigenvalue weighted by Crippen LogP contribution is -2.05. The second-order valence-corrected chi connectivity index (χ2v) is 13.5. The standard InChI is InChI=1S/C45H31N3S/c1-3-11-30(12-4-1)31-19-23-34(24-20-31)43-46-44(48-45(47-43)40-17-8-7-15-37(40)33-13-5-2-6-14-33)35-25-21-32(22-26-35)36-27-28-39-38-16-9-10-18-41(38)49-42(39)29-36/h1-19,21-29,31H,20H2. The van der Waals surface area contributed by atoms with Crippen molar-refractivity contribution >= 4 is 37.1 Å². The van der Waals surface area contributed by atoms with Crippen LogP contribution in [0.4, 0.5) is 0 Å². The summed E-state index contributed by atoms with van der Waals surface area (Å²) in [6, 6.07) is 53.5. The Morgan fingerprint density at radius 2 is 1.10 bits per heavy atom. The first kappa shape index (κ1) is 29.2. The van der Waals surface area contributed by atoms with Gasteiger partial charge in [0, 0.05) is 42.8 Å². The lowest BCUT2D eigenvalue weighted by atomic mass is 9.90. The normalized spacial score (nSPS) is 14.3. The molecule has 0 saturated carbocycles. The summed E-state index contributed by atoms with van der Waals surface area (Å²) in [5.41, 5.74) is 8.85. The van der Waals surface area contributed by atoms with Crippen molar-refractivity contribution in [2.24, 2.45) is 0 Å². The molecule has 1 aliphatic carbocycles. The summed E-state index contributed by atoms with van der Waals surface area (Å²) in [6.07, 6.45) is 7.59. The van der Waals surface area contributed by atoms with E-state index in [1.165, 1.54) is 31.3 Å². The Morgan fingerprint density at radius 3 is 1.90 bits per heavy atom. The molecule has 0 amide bonds. The van der Waals surface area contributed by atoms with Crippen molar-refractivity contribution in [2.45, 2.75) is 12.3 Å². The van der Waals surface area contributed by atoms with Crippen LogP contribution in [-0.4, -0.2) is 15.0 Å². The first-order chi connectivity index (χ1) is 24.3. The third kappa shape index (κ3) is 5.67. The van der Waals surface area contributed by atoms with Gasteiger partial charge in [0.1, 0.15) is 0 Å². The maximum absolute atomic E-state index is 5.11. The third-order valence-corrected chi connectivity index (χ3v) is 10.5. The Hall–Kier alpha value is -5.97. The molecule has 49 heavy (non-hydrogen) atoms. The third-order valence-electron chi connectivity index (χ3n) is 9.33. The molecule has 0 fully saturated rings. The van der Waals surface area contributed by atoms with Crippen molar-refractivity contribution in [1.82, 2.24) is 15.0 Å². The van der Waals surface area contributed by atoms with E-state index in [4.69, 9.17) is 15.0 Å². The molecule has 9 rings (SSSR count). The Labute approximate surface area is 289 Å². The summed E-state index contributed by atoms with van der Waals surface area (Å²) in [5, 5.41) is 2.63. The highest BCUT2D eigenvalue weighted by Crippen LogP contribution is 2.37. The predicted molar refractivity (Wildman–Crippen MR) is 205 cm³/mol. The van der Waals surface area contributed by atoms with Crippen LogP contribution in [0.2, 0.25) is 0 Å². The largest absolute Gasteiger partial charge is 0.208 e. The molecule has 1 aliphatic rings. The van der Waals surface area contributed by atoms with Gasteiger partial charge in [0.05, 0.1) is 0 Å². The van der Waals surface area contributed by atoms with E-state index in [2.05, 4.69) is 164 Å². The Bertz CT molecular complexity index is 2510. The van der Waals surface area contributed by atoms with Gasteiger partial charge in [0.25, 0.3) is 0 Å². The Morgan fingerprint density at radius 1 is 0.469 bits per heavy atom. The van der Waals surface area contributed by atoms with E-state index >= 15 is 0 Å². The van der Waals surface area contributed by atoms with Crippen LogP contribution in [-0.2, 0) is 0 Å². The minimum atomic E-state index is 0.337. The number of benzene rings is 6. The van der Waals surface area contributed by atoms with Crippen molar-refractivity contribution < 1.29 is 0 Å². The van der Waals surface area contributed by atoms with Crippen LogP contribution in [0.1, 0.15) is 23.7 Å². The summed E-state index contributed by atoms with van der Waals surface area (Å²) in [7, 11) is 0. The molecule has 6 aromatic carbocycles. The topological polar surface area (TPSA) is 38.7 Å². The SMILES string of the molecule is C1=CC(c2ccccc2)CC=C1c1nc(-c2ccc(-c3ccc4c(c3)sc3ccccc34)cc2)nc(-c2ccccc2-c2ccccc2)n1. The second-order valence-electron chi connectivity index (χ2n) is 12.4. The van der Waals surface area contributed by atoms with Gasteiger partial charge < -0.3 is 0 Å². The van der Waals surface area contributed by atoms with Crippen LogP contribution >= 0.6 is 11.3 Å². The minimum Gasteiger partial charge on any atom is -0.208 e. The van der Waals surface area contributed by atoms with Gasteiger partial charge >= 0.3 is 0 Å². The molecule has 3 nitrogen and oxygen atoms in total. The highest BCUT2D eigenvalue weighted by atomic mass is 32.1. The molecule has 1 unspecified atom stereocenters. The average Bonchev–Trinajstić information content (AvgIpc) is 3.56. The van der Waals surface area contributed by atoms with Gasteiger partial charge in [-0.15, -0.1) is 11.3 Å². The average molecular weight is 646 g/mol. The Kier molecular flexibility index (Phi) is 7.49. The second kappa shape index (κ2) is 12.6. The first-order valence-corrected chi connectivity index (χ1v) is 17.5. The van der Waals surface area contributed by atoms with Crippen LogP contribution in [0, 0.1) is 0 Å². The molecule has 0 saturated heterocycles. The fourth-order valence-electron chi connectivity index (χ4n) is 6.75. The van der Waals surface area contributed by atoms with Gasteiger partial charge in [-0.3, -0.25) is 0 Å². The van der Waals surface area contributed by atoms with Gasteiger partial charge in [-0.05, 0) is 46.4 Å². The van der Waals surface area contributed by atoms with Crippen LogP contribution in [0.5, 0.6) is 0 Å². The molecule has 0 aliphatic heterocycles. The van der Waals surface area contributed by atoms with E-state index < -0.39 is 0 Å². The molecule has 4 heteroatoms. The molecule has 1 atom stereocenters. The zero-order chi connectivity index (χ0) is 32.6. The van der Waals surface area contributed by atoms with Crippen molar-refractivity contribution in [2.75, 3.05) is 0 Å². The highest BCUT2D eigenvalue weighted by Gasteiger charge is 2.18. The number of hydrogen-bond acceptors (Lipinski definition) is 4. The number of thiophene rings is 1. The van der Waals surface area contributed by atoms with Crippen molar-refractivity contribution in [3.05, 3.63) is 181 Å². The number of hydrogen-bond donors (Lipinski definition) is 0. The molecule has 2 heterocycles. The van der Waals surface area contributed by atoms with Crippen LogP contribution in [0.3, 0.4) is 0 Å². The molecule has 232 valence electrons. The summed E-state index contributed by atoms with van der Waals surface area (Å²) in [5.74, 6) is 2.35. The van der Waals surface area contributed by atoms with Gasteiger partial charge in [-0.1, -0.05) is 158 Å². The fraction of sp³-hybridized carbons (Fsp3) is 0.0444. The summed E-state index contributed by atoms with van der Waals surface area (Å²) < 4.78 is 2.62. The highest BCUT2D eigenvalue weighted by molar-refractivity contribution is 7.25. The molecule has 2 aromatic heterocycles. The first-order valence-electron chi connectivity index (χ1n) is 16.6. The molecule has 0 N–H and O–H groups in total. The van der Waals surface area contributed by atoms with Gasteiger partial charge in [0.2, 0.25) is 0 Å². The van der Waals surface area contributed by atoms with Crippen LogP contribution < -0.4 is 0 Å². The van der Waals surface area contributed by atoms with Gasteiger partial charge in [-0.2, -0.15) is 0 Å². The number of aromatic nitrogens is 3. The predicted octanol–water partition coefficient (Wildman–Crippen LogP) is 12.0. The lowest BCUT2D eigenvalue weighted by molar-refractivity contribution is 0.854. The number of allylic oxidation sites excluding steroid dienone is 4. The number of nitrogens with zero attached hydrogens (tertiary/aromatic N) is 3. The van der Waals surface area contributed by atoms with E-state index in [9.17, 15) is 0 Å². The maximum atomic E-state index is 5.11. The quantitative estimate of drug-likeness (QED) is 0.181. The molecule has 0 radical (unpaired) electrons. The molecule has 8 aromatic rings. The van der Waals surface area contributed by atoms with Gasteiger partial charge in [-0.25, -0.2) is 15.0 Å². The minimum absolute atomic E-state index is 0.337. The van der Waals surface area contributed by atoms with E-state index in [1.54, 1.807) is 0 Å². The lowest BCUT2D eigenvalue weighted by Gasteiger charge is -2.17. The van der Waals surface area contributed by atoms with E-state index in [0.29, 0.717) is 23.4 Å². The molecular weight excluding hydrogens is 615 g/mol. The van der Waals surface area contributed by atoms with Crippen molar-refractivity contribution in [3.63, 3.8) is 0 Å². The van der Waals surface area contributed by atoms with E-state index in [0.717, 1.165) is 39.8 Å². The number of fused-ring (bicyclic) bond motifs is 3. The number of rotatable bonds is 6. The van der Waals surface area contributed by atoms with Crippen LogP contribution in [0.15, 0.2) is 170 Å². The molecule has 0 bridgehead atoms. The Balaban J connectivity index is 1.11. The van der Waals surface area contributed by atoms with E-state index in [1.807, 2.05) is 17.4 Å². The van der Waals surface area contributed by atoms with Crippen molar-refractivity contribution in [1.29, 1.82) is 0 Å². The zero-order valence-corrected chi connectivity index (χ0v) is 27.5. The van der Waals surface area contributed by atoms with Crippen molar-refractivity contribution in [3.8, 4) is 45.0 Å². The summed E-state index contributed by atoms with van der Waals surface area (Å²) >= 11 is 1.85.